The number of amides is 1. The molecule has 7 heteroatoms. The van der Waals surface area contributed by atoms with Crippen LogP contribution in [-0.4, -0.2) is 26.1 Å². The molecule has 0 bridgehead atoms. The van der Waals surface area contributed by atoms with Crippen molar-refractivity contribution in [2.45, 2.75) is 63.4 Å². The zero-order chi connectivity index (χ0) is 18.5. The van der Waals surface area contributed by atoms with Crippen molar-refractivity contribution in [3.63, 3.8) is 0 Å². The van der Waals surface area contributed by atoms with Crippen molar-refractivity contribution in [2.75, 3.05) is 11.9 Å². The van der Waals surface area contributed by atoms with Crippen molar-refractivity contribution < 1.29 is 13.2 Å². The molecule has 1 fully saturated rings. The number of hydrogen-bond donors (Lipinski definition) is 2. The van der Waals surface area contributed by atoms with Crippen LogP contribution in [0.4, 0.5) is 5.69 Å². The summed E-state index contributed by atoms with van der Waals surface area (Å²) >= 11 is 0. The fourth-order valence-electron chi connectivity index (χ4n) is 3.44. The van der Waals surface area contributed by atoms with E-state index in [-0.39, 0.29) is 29.5 Å². The van der Waals surface area contributed by atoms with Crippen molar-refractivity contribution in [1.82, 2.24) is 0 Å². The fraction of sp³-hybridized carbons (Fsp3) is 0.632. The van der Waals surface area contributed by atoms with Gasteiger partial charge in [0.05, 0.1) is 11.0 Å². The van der Waals surface area contributed by atoms with Crippen LogP contribution in [0.15, 0.2) is 24.3 Å². The lowest BCUT2D eigenvalue weighted by Crippen LogP contribution is -2.36. The summed E-state index contributed by atoms with van der Waals surface area (Å²) in [4.78, 5) is 12.5. The van der Waals surface area contributed by atoms with Crippen LogP contribution in [0.2, 0.25) is 0 Å². The molecule has 0 atom stereocenters. The Kier molecular flexibility index (Phi) is 8.57. The Labute approximate surface area is 163 Å². The van der Waals surface area contributed by atoms with E-state index in [2.05, 4.69) is 5.32 Å². The van der Waals surface area contributed by atoms with Crippen molar-refractivity contribution in [3.8, 4) is 0 Å². The van der Waals surface area contributed by atoms with Gasteiger partial charge in [-0.3, -0.25) is 4.79 Å². The van der Waals surface area contributed by atoms with E-state index >= 15 is 0 Å². The Morgan fingerprint density at radius 3 is 2.46 bits per heavy atom. The molecular formula is C19H31ClN2O3S. The first kappa shape index (κ1) is 22.9. The molecule has 0 radical (unpaired) electrons. The van der Waals surface area contributed by atoms with Gasteiger partial charge in [0.25, 0.3) is 0 Å². The van der Waals surface area contributed by atoms with E-state index in [0.29, 0.717) is 24.2 Å². The fourth-order valence-corrected chi connectivity index (χ4v) is 4.42. The number of sulfone groups is 1. The summed E-state index contributed by atoms with van der Waals surface area (Å²) in [5.41, 5.74) is 7.21. The normalized spacial score (nSPS) is 16.8. The molecule has 1 saturated carbocycles. The monoisotopic (exact) mass is 402 g/mol. The van der Waals surface area contributed by atoms with Gasteiger partial charge >= 0.3 is 0 Å². The molecule has 0 spiro atoms. The Morgan fingerprint density at radius 1 is 1.23 bits per heavy atom. The molecule has 26 heavy (non-hydrogen) atoms. The van der Waals surface area contributed by atoms with Crippen molar-refractivity contribution in [3.05, 3.63) is 29.8 Å². The minimum Gasteiger partial charge on any atom is -0.330 e. The topological polar surface area (TPSA) is 89.3 Å². The summed E-state index contributed by atoms with van der Waals surface area (Å²) in [5.74, 6) is -0.0580. The predicted molar refractivity (Wildman–Crippen MR) is 109 cm³/mol. The average molecular weight is 403 g/mol. The van der Waals surface area contributed by atoms with Gasteiger partial charge in [0.15, 0.2) is 9.84 Å². The van der Waals surface area contributed by atoms with E-state index in [0.717, 1.165) is 25.7 Å². The molecular weight excluding hydrogens is 372 g/mol. The van der Waals surface area contributed by atoms with E-state index in [1.165, 1.54) is 6.42 Å². The molecule has 0 unspecified atom stereocenters. The number of anilines is 1. The predicted octanol–water partition coefficient (Wildman–Crippen LogP) is 3.67. The van der Waals surface area contributed by atoms with Crippen LogP contribution in [0.3, 0.4) is 0 Å². The second-order valence-electron chi connectivity index (χ2n) is 7.55. The minimum atomic E-state index is -3.16. The third-order valence-electron chi connectivity index (χ3n) is 5.18. The SMILES string of the molecule is CC(C)S(=O)(=O)Cc1cccc(NC(=O)CC2(CN)CCCCC2)c1.Cl. The molecule has 0 aromatic heterocycles. The largest absolute Gasteiger partial charge is 0.330 e. The average Bonchev–Trinajstić information content (AvgIpc) is 2.55. The molecule has 2 rings (SSSR count). The van der Waals surface area contributed by atoms with E-state index in [1.807, 2.05) is 0 Å². The Bertz CT molecular complexity index is 698. The van der Waals surface area contributed by atoms with Gasteiger partial charge in [0.1, 0.15) is 0 Å². The quantitative estimate of drug-likeness (QED) is 0.728. The van der Waals surface area contributed by atoms with Gasteiger partial charge in [-0.2, -0.15) is 0 Å². The van der Waals surface area contributed by atoms with Gasteiger partial charge in [-0.25, -0.2) is 8.42 Å². The smallest absolute Gasteiger partial charge is 0.224 e. The highest BCUT2D eigenvalue weighted by Crippen LogP contribution is 2.38. The third kappa shape index (κ3) is 6.25. The molecule has 148 valence electrons. The number of nitrogens with two attached hydrogens (primary N) is 1. The van der Waals surface area contributed by atoms with Crippen molar-refractivity contribution in [2.24, 2.45) is 11.1 Å². The summed E-state index contributed by atoms with van der Waals surface area (Å²) in [5, 5.41) is 2.50. The van der Waals surface area contributed by atoms with Gasteiger partial charge in [-0.1, -0.05) is 31.4 Å². The number of rotatable bonds is 7. The molecule has 0 heterocycles. The molecule has 5 nitrogen and oxygen atoms in total. The van der Waals surface area contributed by atoms with Crippen LogP contribution >= 0.6 is 12.4 Å². The highest BCUT2D eigenvalue weighted by molar-refractivity contribution is 7.91. The van der Waals surface area contributed by atoms with Crippen molar-refractivity contribution >= 4 is 33.8 Å². The van der Waals surface area contributed by atoms with Crippen LogP contribution < -0.4 is 11.1 Å². The molecule has 1 aromatic carbocycles. The summed E-state index contributed by atoms with van der Waals surface area (Å²) in [7, 11) is -3.16. The summed E-state index contributed by atoms with van der Waals surface area (Å²) in [6.07, 6.45) is 5.92. The molecule has 0 aliphatic heterocycles. The summed E-state index contributed by atoms with van der Waals surface area (Å²) in [6, 6.07) is 7.09. The van der Waals surface area contributed by atoms with Gasteiger partial charge in [-0.05, 0) is 56.3 Å². The molecule has 0 saturated heterocycles. The van der Waals surface area contributed by atoms with E-state index in [9.17, 15) is 13.2 Å². The van der Waals surface area contributed by atoms with Gasteiger partial charge < -0.3 is 11.1 Å². The first-order valence-electron chi connectivity index (χ1n) is 9.07. The second kappa shape index (κ2) is 9.72. The number of hydrogen-bond acceptors (Lipinski definition) is 4. The first-order chi connectivity index (χ1) is 11.8. The van der Waals surface area contributed by atoms with Crippen LogP contribution in [-0.2, 0) is 20.4 Å². The van der Waals surface area contributed by atoms with Crippen LogP contribution in [0, 0.1) is 5.41 Å². The molecule has 1 aliphatic carbocycles. The lowest BCUT2D eigenvalue weighted by Gasteiger charge is -2.35. The maximum Gasteiger partial charge on any atom is 0.224 e. The molecule has 1 aromatic rings. The van der Waals surface area contributed by atoms with Gasteiger partial charge in [0.2, 0.25) is 5.91 Å². The highest BCUT2D eigenvalue weighted by atomic mass is 35.5. The zero-order valence-corrected chi connectivity index (χ0v) is 17.3. The summed E-state index contributed by atoms with van der Waals surface area (Å²) < 4.78 is 24.2. The number of carbonyl (C=O) groups excluding carboxylic acids is 1. The number of halogens is 1. The van der Waals surface area contributed by atoms with E-state index in [4.69, 9.17) is 5.73 Å². The molecule has 3 N–H and O–H groups in total. The number of carbonyl (C=O) groups is 1. The van der Waals surface area contributed by atoms with Crippen molar-refractivity contribution in [1.29, 1.82) is 0 Å². The molecule has 1 amide bonds. The first-order valence-corrected chi connectivity index (χ1v) is 10.8. The lowest BCUT2D eigenvalue weighted by atomic mass is 9.71. The van der Waals surface area contributed by atoms with Crippen LogP contribution in [0.25, 0.3) is 0 Å². The van der Waals surface area contributed by atoms with Gasteiger partial charge in [-0.15, -0.1) is 12.4 Å². The molecule has 1 aliphatic rings. The number of nitrogens with one attached hydrogen (secondary N) is 1. The van der Waals surface area contributed by atoms with E-state index in [1.54, 1.807) is 38.1 Å². The maximum absolute atomic E-state index is 12.5. The highest BCUT2D eigenvalue weighted by Gasteiger charge is 2.33. The van der Waals surface area contributed by atoms with Crippen LogP contribution in [0.1, 0.15) is 57.9 Å². The standard InChI is InChI=1S/C19H30N2O3S.ClH/c1-15(2)25(23,24)13-16-7-6-8-17(11-16)21-18(22)12-19(14-20)9-4-3-5-10-19;/h6-8,11,15H,3-5,9-10,12-14,20H2,1-2H3,(H,21,22);1H. The Hall–Kier alpha value is -1.11. The Morgan fingerprint density at radius 2 is 1.88 bits per heavy atom. The maximum atomic E-state index is 12.5. The number of benzene rings is 1. The summed E-state index contributed by atoms with van der Waals surface area (Å²) in [6.45, 7) is 3.89. The van der Waals surface area contributed by atoms with E-state index < -0.39 is 15.1 Å². The second-order valence-corrected chi connectivity index (χ2v) is 10.1. The Balaban J connectivity index is 0.00000338. The van der Waals surface area contributed by atoms with Gasteiger partial charge in [0, 0.05) is 12.1 Å². The minimum absolute atomic E-state index is 0. The zero-order valence-electron chi connectivity index (χ0n) is 15.7. The van der Waals surface area contributed by atoms with Crippen LogP contribution in [0.5, 0.6) is 0 Å². The third-order valence-corrected chi connectivity index (χ3v) is 7.35. The lowest BCUT2D eigenvalue weighted by molar-refractivity contribution is -0.118.